The van der Waals surface area contributed by atoms with Crippen molar-refractivity contribution in [2.45, 2.75) is 39.5 Å². The summed E-state index contributed by atoms with van der Waals surface area (Å²) >= 11 is 0. The second kappa shape index (κ2) is 7.75. The van der Waals surface area contributed by atoms with Crippen LogP contribution >= 0.6 is 0 Å². The topological polar surface area (TPSA) is 92.9 Å². The Balaban J connectivity index is 1.63. The molecule has 2 aliphatic heterocycles. The molecule has 1 aromatic heterocycles. The first-order chi connectivity index (χ1) is 14.2. The zero-order valence-electron chi connectivity index (χ0n) is 17.1. The highest BCUT2D eigenvalue weighted by Gasteiger charge is 2.46. The van der Waals surface area contributed by atoms with Crippen molar-refractivity contribution in [3.63, 3.8) is 0 Å². The Bertz CT molecular complexity index is 1040. The van der Waals surface area contributed by atoms with Gasteiger partial charge in [-0.3, -0.25) is 4.79 Å². The third-order valence-electron chi connectivity index (χ3n) is 5.61. The fourth-order valence-electron chi connectivity index (χ4n) is 4.24. The average molecular weight is 437 g/mol. The maximum Gasteiger partial charge on any atom is 0.259 e. The molecule has 8 nitrogen and oxygen atoms in total. The molecule has 162 valence electrons. The summed E-state index contributed by atoms with van der Waals surface area (Å²) in [4.78, 5) is 14.6. The van der Waals surface area contributed by atoms with Crippen LogP contribution in [-0.2, 0) is 21.3 Å². The lowest BCUT2D eigenvalue weighted by atomic mass is 10.1. The van der Waals surface area contributed by atoms with Crippen molar-refractivity contribution in [2.24, 2.45) is 0 Å². The van der Waals surface area contributed by atoms with Gasteiger partial charge in [0.05, 0.1) is 30.2 Å². The minimum absolute atomic E-state index is 0.0266. The van der Waals surface area contributed by atoms with Crippen molar-refractivity contribution in [1.82, 2.24) is 14.4 Å². The molecule has 2 fully saturated rings. The Morgan fingerprint density at radius 3 is 2.67 bits per heavy atom. The van der Waals surface area contributed by atoms with Crippen LogP contribution in [0.4, 0.5) is 4.39 Å². The first-order valence-electron chi connectivity index (χ1n) is 9.75. The number of hydrogen-bond acceptors (Lipinski definition) is 6. The molecule has 1 amide bonds. The van der Waals surface area contributed by atoms with E-state index in [1.807, 2.05) is 0 Å². The van der Waals surface area contributed by atoms with E-state index in [0.717, 1.165) is 0 Å². The number of aromatic nitrogens is 1. The lowest BCUT2D eigenvalue weighted by molar-refractivity contribution is 0.0445. The molecule has 4 rings (SSSR count). The second-order valence-corrected chi connectivity index (χ2v) is 9.93. The van der Waals surface area contributed by atoms with Gasteiger partial charge in [-0.05, 0) is 44.0 Å². The number of amides is 1. The molecule has 0 unspecified atom stereocenters. The normalized spacial score (nSPS) is 23.9. The fraction of sp³-hybridized carbons (Fsp3) is 0.500. The molecule has 2 atom stereocenters. The molecule has 2 saturated heterocycles. The minimum Gasteiger partial charge on any atom is -0.374 e. The van der Waals surface area contributed by atoms with E-state index in [4.69, 9.17) is 9.26 Å². The standard InChI is InChI=1S/C20H24FN3O5S/c1-12-6-15(8-16(21)7-12)9-24-17-10-23(11-18(17)28-4-5-30(24,26)27)20(25)19-13(2)22-29-14(19)3/h6-8,17-18H,4-5,9-11H2,1-3H3/t17-,18+/m1/s1. The van der Waals surface area contributed by atoms with Gasteiger partial charge in [-0.2, -0.15) is 4.31 Å². The average Bonchev–Trinajstić information content (AvgIpc) is 3.18. The molecular weight excluding hydrogens is 413 g/mol. The maximum atomic E-state index is 13.9. The van der Waals surface area contributed by atoms with Gasteiger partial charge in [-0.1, -0.05) is 11.2 Å². The maximum absolute atomic E-state index is 13.9. The summed E-state index contributed by atoms with van der Waals surface area (Å²) in [6.07, 6.45) is -0.457. The van der Waals surface area contributed by atoms with Gasteiger partial charge in [-0.15, -0.1) is 0 Å². The van der Waals surface area contributed by atoms with Crippen molar-refractivity contribution in [3.8, 4) is 0 Å². The number of nitrogens with zero attached hydrogens (tertiary/aromatic N) is 3. The first kappa shape index (κ1) is 21.0. The summed E-state index contributed by atoms with van der Waals surface area (Å²) in [7, 11) is -3.64. The zero-order valence-corrected chi connectivity index (χ0v) is 17.9. The molecule has 0 radical (unpaired) electrons. The summed E-state index contributed by atoms with van der Waals surface area (Å²) in [5.74, 6) is -0.398. The molecule has 0 bridgehead atoms. The van der Waals surface area contributed by atoms with Crippen molar-refractivity contribution >= 4 is 15.9 Å². The second-order valence-electron chi connectivity index (χ2n) is 7.88. The Hall–Kier alpha value is -2.30. The molecular formula is C20H24FN3O5S. The quantitative estimate of drug-likeness (QED) is 0.727. The Morgan fingerprint density at radius 2 is 2.00 bits per heavy atom. The van der Waals surface area contributed by atoms with Crippen LogP contribution in [0.25, 0.3) is 0 Å². The van der Waals surface area contributed by atoms with Crippen molar-refractivity contribution in [2.75, 3.05) is 25.4 Å². The minimum atomic E-state index is -3.64. The molecule has 10 heteroatoms. The van der Waals surface area contributed by atoms with Gasteiger partial charge >= 0.3 is 0 Å². The SMILES string of the molecule is Cc1cc(F)cc(CN2[C@@H]3CN(C(=O)c4c(C)noc4C)C[C@@H]3OCCS2(=O)=O)c1. The van der Waals surface area contributed by atoms with Crippen LogP contribution in [0.3, 0.4) is 0 Å². The number of likely N-dealkylation sites (tertiary alicyclic amines) is 1. The van der Waals surface area contributed by atoms with Gasteiger partial charge in [0.1, 0.15) is 17.1 Å². The van der Waals surface area contributed by atoms with E-state index >= 15 is 0 Å². The number of sulfonamides is 1. The lowest BCUT2D eigenvalue weighted by Crippen LogP contribution is -2.45. The first-order valence-corrected chi connectivity index (χ1v) is 11.4. The largest absolute Gasteiger partial charge is 0.374 e. The fourth-order valence-corrected chi connectivity index (χ4v) is 5.74. The van der Waals surface area contributed by atoms with E-state index in [0.29, 0.717) is 28.1 Å². The highest BCUT2D eigenvalue weighted by Crippen LogP contribution is 2.29. The van der Waals surface area contributed by atoms with Gasteiger partial charge in [0.2, 0.25) is 10.0 Å². The number of carbonyl (C=O) groups excluding carboxylic acids is 1. The van der Waals surface area contributed by atoms with E-state index in [2.05, 4.69) is 5.16 Å². The predicted octanol–water partition coefficient (Wildman–Crippen LogP) is 1.79. The highest BCUT2D eigenvalue weighted by atomic mass is 32.2. The monoisotopic (exact) mass is 437 g/mol. The van der Waals surface area contributed by atoms with Gasteiger partial charge in [0.15, 0.2) is 0 Å². The molecule has 1 aromatic carbocycles. The van der Waals surface area contributed by atoms with E-state index in [1.165, 1.54) is 16.4 Å². The summed E-state index contributed by atoms with van der Waals surface area (Å²) in [5.41, 5.74) is 2.16. The Kier molecular flexibility index (Phi) is 5.41. The van der Waals surface area contributed by atoms with Gasteiger partial charge in [0, 0.05) is 19.6 Å². The number of fused-ring (bicyclic) bond motifs is 1. The zero-order chi connectivity index (χ0) is 21.6. The van der Waals surface area contributed by atoms with Crippen LogP contribution in [0.1, 0.15) is 32.9 Å². The summed E-state index contributed by atoms with van der Waals surface area (Å²) in [5, 5.41) is 3.83. The summed E-state index contributed by atoms with van der Waals surface area (Å²) in [6.45, 7) is 5.64. The predicted molar refractivity (Wildman–Crippen MR) is 106 cm³/mol. The number of aryl methyl sites for hydroxylation is 3. The lowest BCUT2D eigenvalue weighted by Gasteiger charge is -2.28. The van der Waals surface area contributed by atoms with E-state index in [9.17, 15) is 17.6 Å². The summed E-state index contributed by atoms with van der Waals surface area (Å²) in [6, 6.07) is 3.95. The van der Waals surface area contributed by atoms with Crippen molar-refractivity contribution in [1.29, 1.82) is 0 Å². The van der Waals surface area contributed by atoms with Crippen molar-refractivity contribution < 1.29 is 26.9 Å². The molecule has 2 aliphatic rings. The van der Waals surface area contributed by atoms with Crippen LogP contribution in [0.5, 0.6) is 0 Å². The van der Waals surface area contributed by atoms with Crippen LogP contribution in [0.15, 0.2) is 22.7 Å². The molecule has 0 aliphatic carbocycles. The van der Waals surface area contributed by atoms with E-state index in [-0.39, 0.29) is 37.9 Å². The smallest absolute Gasteiger partial charge is 0.259 e. The van der Waals surface area contributed by atoms with E-state index < -0.39 is 28.0 Å². The molecule has 0 N–H and O–H groups in total. The highest BCUT2D eigenvalue weighted by molar-refractivity contribution is 7.89. The molecule has 30 heavy (non-hydrogen) atoms. The molecule has 0 saturated carbocycles. The number of rotatable bonds is 3. The van der Waals surface area contributed by atoms with Crippen LogP contribution in [-0.4, -0.2) is 66.3 Å². The van der Waals surface area contributed by atoms with Gasteiger partial charge in [0.25, 0.3) is 5.91 Å². The van der Waals surface area contributed by atoms with Gasteiger partial charge in [-0.25, -0.2) is 12.8 Å². The molecule has 2 aromatic rings. The Labute approximate surface area is 174 Å². The number of ether oxygens (including phenoxy) is 1. The third kappa shape index (κ3) is 3.86. The molecule has 3 heterocycles. The van der Waals surface area contributed by atoms with Crippen LogP contribution in [0, 0.1) is 26.6 Å². The Morgan fingerprint density at radius 1 is 1.23 bits per heavy atom. The van der Waals surface area contributed by atoms with E-state index in [1.54, 1.807) is 31.7 Å². The van der Waals surface area contributed by atoms with Crippen LogP contribution < -0.4 is 0 Å². The van der Waals surface area contributed by atoms with Crippen molar-refractivity contribution in [3.05, 3.63) is 52.2 Å². The number of carbonyl (C=O) groups is 1. The van der Waals surface area contributed by atoms with Gasteiger partial charge < -0.3 is 14.2 Å². The van der Waals surface area contributed by atoms with Crippen LogP contribution in [0.2, 0.25) is 0 Å². The third-order valence-corrected chi connectivity index (χ3v) is 7.41. The molecule has 0 spiro atoms. The summed E-state index contributed by atoms with van der Waals surface area (Å²) < 4.78 is 52.0. The number of halogens is 1. The number of hydrogen-bond donors (Lipinski definition) is 0. The number of benzene rings is 1.